The lowest BCUT2D eigenvalue weighted by atomic mass is 10.1. The molecule has 3 rings (SSSR count). The summed E-state index contributed by atoms with van der Waals surface area (Å²) in [6.07, 6.45) is 0.302. The minimum atomic E-state index is -3.16. The van der Waals surface area contributed by atoms with Crippen LogP contribution in [0.4, 0.5) is 20.3 Å². The number of benzene rings is 2. The second-order valence-corrected chi connectivity index (χ2v) is 7.24. The smallest absolute Gasteiger partial charge is 0.387 e. The van der Waals surface area contributed by atoms with Gasteiger partial charge in [0.2, 0.25) is 0 Å². The number of carbonyl (C=O) groups is 1. The van der Waals surface area contributed by atoms with Gasteiger partial charge in [0, 0.05) is 20.3 Å². The lowest BCUT2D eigenvalue weighted by molar-refractivity contribution is -0.0501. The Morgan fingerprint density at radius 3 is 2.47 bits per heavy atom. The van der Waals surface area contributed by atoms with E-state index in [1.165, 1.54) is 31.4 Å². The van der Waals surface area contributed by atoms with Crippen LogP contribution in [0.3, 0.4) is 0 Å². The summed E-state index contributed by atoms with van der Waals surface area (Å²) in [6, 6.07) is 14.3. The molecule has 1 heterocycles. The van der Waals surface area contributed by atoms with E-state index in [0.29, 0.717) is 6.42 Å². The van der Waals surface area contributed by atoms with Gasteiger partial charge in [0.05, 0.1) is 12.1 Å². The minimum Gasteiger partial charge on any atom is -0.434 e. The summed E-state index contributed by atoms with van der Waals surface area (Å²) in [7, 11) is 1.47. The zero-order valence-electron chi connectivity index (χ0n) is 18.4. The van der Waals surface area contributed by atoms with Crippen LogP contribution in [0.2, 0.25) is 0 Å². The van der Waals surface area contributed by atoms with Crippen LogP contribution >= 0.6 is 0 Å². The molecule has 0 aliphatic carbocycles. The lowest BCUT2D eigenvalue weighted by Crippen LogP contribution is -2.42. The van der Waals surface area contributed by atoms with Gasteiger partial charge >= 0.3 is 12.3 Å². The van der Waals surface area contributed by atoms with E-state index in [1.807, 2.05) is 6.07 Å². The number of aromatic amines is 1. The molecule has 2 aromatic carbocycles. The highest BCUT2D eigenvalue weighted by Gasteiger charge is 2.27. The highest BCUT2D eigenvalue weighted by atomic mass is 19.3. The molecule has 1 aromatic heterocycles. The molecule has 0 fully saturated rings. The first-order valence-electron chi connectivity index (χ1n) is 10.3. The fourth-order valence-corrected chi connectivity index (χ4v) is 3.43. The largest absolute Gasteiger partial charge is 0.434 e. The van der Waals surface area contributed by atoms with E-state index in [-0.39, 0.29) is 42.5 Å². The van der Waals surface area contributed by atoms with Crippen LogP contribution in [0.25, 0.3) is 0 Å². The molecule has 180 valence electrons. The van der Waals surface area contributed by atoms with Crippen LogP contribution in [0.15, 0.2) is 64.2 Å². The van der Waals surface area contributed by atoms with Gasteiger partial charge in [0.1, 0.15) is 11.6 Å². The van der Waals surface area contributed by atoms with Crippen molar-refractivity contribution in [1.82, 2.24) is 9.55 Å². The van der Waals surface area contributed by atoms with Crippen molar-refractivity contribution in [2.24, 2.45) is 0 Å². The van der Waals surface area contributed by atoms with Crippen molar-refractivity contribution in [2.75, 3.05) is 30.9 Å². The van der Waals surface area contributed by atoms with Crippen LogP contribution in [-0.2, 0) is 11.3 Å². The number of H-pyrrole nitrogens is 1. The molecule has 11 heteroatoms. The summed E-state index contributed by atoms with van der Waals surface area (Å²) in [5.41, 5.74) is 4.87. The first kappa shape index (κ1) is 24.6. The number of hydrogen-bond acceptors (Lipinski definition) is 6. The fourth-order valence-electron chi connectivity index (χ4n) is 3.43. The molecule has 0 saturated heterocycles. The first-order chi connectivity index (χ1) is 16.3. The van der Waals surface area contributed by atoms with Gasteiger partial charge in [-0.1, -0.05) is 42.5 Å². The number of alkyl halides is 2. The number of nitrogens with zero attached hydrogens (tertiary/aromatic N) is 2. The van der Waals surface area contributed by atoms with Crippen molar-refractivity contribution < 1.29 is 23.0 Å². The van der Waals surface area contributed by atoms with Crippen LogP contribution in [0.5, 0.6) is 5.75 Å². The van der Waals surface area contributed by atoms with Crippen LogP contribution in [-0.4, -0.2) is 42.3 Å². The van der Waals surface area contributed by atoms with E-state index in [2.05, 4.69) is 9.72 Å². The van der Waals surface area contributed by atoms with Crippen molar-refractivity contribution in [2.45, 2.75) is 19.6 Å². The number of carbonyl (C=O) groups excluding carboxylic acids is 1. The van der Waals surface area contributed by atoms with Crippen molar-refractivity contribution in [3.8, 4) is 5.75 Å². The maximum atomic E-state index is 13.5. The van der Waals surface area contributed by atoms with Crippen LogP contribution < -0.4 is 26.6 Å². The van der Waals surface area contributed by atoms with E-state index in [0.717, 1.165) is 15.0 Å². The van der Waals surface area contributed by atoms with Gasteiger partial charge in [-0.2, -0.15) is 8.78 Å². The zero-order valence-corrected chi connectivity index (χ0v) is 18.4. The Labute approximate surface area is 193 Å². The molecule has 0 saturated carbocycles. The van der Waals surface area contributed by atoms with Crippen molar-refractivity contribution in [3.05, 3.63) is 86.6 Å². The van der Waals surface area contributed by atoms with Crippen molar-refractivity contribution in [1.29, 1.82) is 0 Å². The van der Waals surface area contributed by atoms with Crippen LogP contribution in [0, 0.1) is 0 Å². The first-order valence-corrected chi connectivity index (χ1v) is 10.3. The number of ether oxygens (including phenoxy) is 2. The summed E-state index contributed by atoms with van der Waals surface area (Å²) in [4.78, 5) is 42.0. The number of rotatable bonds is 10. The number of halogens is 2. The monoisotopic (exact) mass is 474 g/mol. The number of nitrogen functional groups attached to an aromatic ring is 1. The molecular weight excluding hydrogens is 450 g/mol. The second kappa shape index (κ2) is 11.2. The SMILES string of the molecule is COCCCN(C(=O)c1ccccc1OC(F)F)c1c(N)n(Cc2ccccc2)c(=O)[nH]c1=O. The Bertz CT molecular complexity index is 1240. The normalized spacial score (nSPS) is 10.9. The summed E-state index contributed by atoms with van der Waals surface area (Å²) in [5, 5.41) is 0. The molecule has 3 aromatic rings. The summed E-state index contributed by atoms with van der Waals surface area (Å²) in [6.45, 7) is -2.90. The maximum absolute atomic E-state index is 13.5. The third-order valence-corrected chi connectivity index (χ3v) is 4.98. The summed E-state index contributed by atoms with van der Waals surface area (Å²) < 4.78 is 36.4. The third-order valence-electron chi connectivity index (χ3n) is 4.98. The highest BCUT2D eigenvalue weighted by molar-refractivity contribution is 6.08. The Morgan fingerprint density at radius 2 is 1.79 bits per heavy atom. The number of amides is 1. The second-order valence-electron chi connectivity index (χ2n) is 7.24. The van der Waals surface area contributed by atoms with Gasteiger partial charge in [-0.15, -0.1) is 0 Å². The van der Waals surface area contributed by atoms with E-state index in [4.69, 9.17) is 10.5 Å². The summed E-state index contributed by atoms with van der Waals surface area (Å²) >= 11 is 0. The molecule has 0 spiro atoms. The predicted molar refractivity (Wildman–Crippen MR) is 123 cm³/mol. The van der Waals surface area contributed by atoms with E-state index >= 15 is 0 Å². The number of para-hydroxylation sites is 1. The lowest BCUT2D eigenvalue weighted by Gasteiger charge is -2.25. The average molecular weight is 474 g/mol. The quantitative estimate of drug-likeness (QED) is 0.436. The topological polar surface area (TPSA) is 120 Å². The van der Waals surface area contributed by atoms with Gasteiger partial charge in [-0.3, -0.25) is 19.1 Å². The number of nitrogens with one attached hydrogen (secondary N) is 1. The van der Waals surface area contributed by atoms with Gasteiger partial charge in [-0.05, 0) is 24.1 Å². The average Bonchev–Trinajstić information content (AvgIpc) is 2.81. The molecule has 0 bridgehead atoms. The van der Waals surface area contributed by atoms with E-state index < -0.39 is 23.8 Å². The predicted octanol–water partition coefficient (Wildman–Crippen LogP) is 2.45. The van der Waals surface area contributed by atoms with E-state index in [9.17, 15) is 23.2 Å². The number of aromatic nitrogens is 2. The molecule has 0 radical (unpaired) electrons. The molecule has 0 unspecified atom stereocenters. The number of nitrogens with two attached hydrogens (primary N) is 1. The van der Waals surface area contributed by atoms with Gasteiger partial charge < -0.3 is 20.1 Å². The maximum Gasteiger partial charge on any atom is 0.387 e. The number of anilines is 2. The Morgan fingerprint density at radius 1 is 1.12 bits per heavy atom. The zero-order chi connectivity index (χ0) is 24.7. The molecule has 9 nitrogen and oxygen atoms in total. The van der Waals surface area contributed by atoms with E-state index in [1.54, 1.807) is 24.3 Å². The van der Waals surface area contributed by atoms with Crippen molar-refractivity contribution >= 4 is 17.4 Å². The fraction of sp³-hybridized carbons (Fsp3) is 0.261. The van der Waals surface area contributed by atoms with Gasteiger partial charge in [-0.25, -0.2) is 4.79 Å². The number of methoxy groups -OCH3 is 1. The molecular formula is C23H24F2N4O5. The minimum absolute atomic E-state index is 0.0352. The molecule has 0 atom stereocenters. The highest BCUT2D eigenvalue weighted by Crippen LogP contribution is 2.26. The number of hydrogen-bond donors (Lipinski definition) is 2. The molecule has 0 aliphatic rings. The molecule has 0 aliphatic heterocycles. The van der Waals surface area contributed by atoms with Gasteiger partial charge in [0.25, 0.3) is 11.5 Å². The Kier molecular flexibility index (Phi) is 8.14. The Balaban J connectivity index is 2.11. The van der Waals surface area contributed by atoms with Gasteiger partial charge in [0.15, 0.2) is 5.69 Å². The molecule has 1 amide bonds. The summed E-state index contributed by atoms with van der Waals surface area (Å²) in [5.74, 6) is -1.39. The third kappa shape index (κ3) is 5.67. The molecule has 3 N–H and O–H groups in total. The Hall–Kier alpha value is -3.99. The standard InChI is InChI=1S/C23H24F2N4O5/c1-33-13-7-12-28(21(31)16-10-5-6-11-17(16)34-22(24)25)18-19(26)29(23(32)27-20(18)30)14-15-8-3-2-4-9-15/h2-6,8-11,22H,7,12-14,26H2,1H3,(H,27,30,32). The molecule has 34 heavy (non-hydrogen) atoms. The van der Waals surface area contributed by atoms with Crippen molar-refractivity contribution in [3.63, 3.8) is 0 Å². The van der Waals surface area contributed by atoms with Crippen LogP contribution in [0.1, 0.15) is 22.3 Å².